The van der Waals surface area contributed by atoms with Gasteiger partial charge in [-0.05, 0) is 28.9 Å². The minimum absolute atomic E-state index is 0.272. The van der Waals surface area contributed by atoms with E-state index >= 15 is 0 Å². The molecule has 1 aromatic rings. The average Bonchev–Trinajstić information content (AvgIpc) is 2.15. The summed E-state index contributed by atoms with van der Waals surface area (Å²) in [6.07, 6.45) is 1.22. The van der Waals surface area contributed by atoms with Gasteiger partial charge >= 0.3 is 0 Å². The van der Waals surface area contributed by atoms with Crippen molar-refractivity contribution in [3.63, 3.8) is 0 Å². The minimum atomic E-state index is 0.272. The fraction of sp³-hybridized carbons (Fsp3) is 0.571. The van der Waals surface area contributed by atoms with Gasteiger partial charge in [0.05, 0.1) is 0 Å². The third-order valence-electron chi connectivity index (χ3n) is 2.96. The lowest BCUT2D eigenvalue weighted by molar-refractivity contribution is 0.589. The molecular formula is C14H22. The second-order valence-electron chi connectivity index (χ2n) is 5.18. The Labute approximate surface area is 88.4 Å². The molecule has 1 aromatic carbocycles. The second kappa shape index (κ2) is 4.16. The highest BCUT2D eigenvalue weighted by molar-refractivity contribution is 5.29. The maximum Gasteiger partial charge on any atom is -0.0132 e. The lowest BCUT2D eigenvalue weighted by Crippen LogP contribution is -2.10. The van der Waals surface area contributed by atoms with Gasteiger partial charge < -0.3 is 0 Å². The molecule has 0 saturated heterocycles. The van der Waals surface area contributed by atoms with Crippen LogP contribution in [0.5, 0.6) is 0 Å². The minimum Gasteiger partial charge on any atom is -0.0648 e. The molecule has 0 bridgehead atoms. The van der Waals surface area contributed by atoms with Gasteiger partial charge in [0, 0.05) is 0 Å². The largest absolute Gasteiger partial charge is 0.0648 e. The van der Waals surface area contributed by atoms with Crippen LogP contribution in [0.2, 0.25) is 0 Å². The zero-order valence-corrected chi connectivity index (χ0v) is 10.1. The molecule has 0 amide bonds. The van der Waals surface area contributed by atoms with Crippen molar-refractivity contribution in [2.24, 2.45) is 0 Å². The van der Waals surface area contributed by atoms with Gasteiger partial charge in [-0.15, -0.1) is 0 Å². The Morgan fingerprint density at radius 1 is 1.07 bits per heavy atom. The van der Waals surface area contributed by atoms with Crippen LogP contribution in [0.1, 0.15) is 58.1 Å². The van der Waals surface area contributed by atoms with E-state index in [0.29, 0.717) is 5.92 Å². The van der Waals surface area contributed by atoms with E-state index in [4.69, 9.17) is 0 Å². The summed E-state index contributed by atoms with van der Waals surface area (Å²) in [7, 11) is 0. The molecule has 0 radical (unpaired) electrons. The van der Waals surface area contributed by atoms with Gasteiger partial charge in [0.25, 0.3) is 0 Å². The topological polar surface area (TPSA) is 0 Å². The standard InChI is InChI=1S/C14H22/c1-6-11(2)12-7-9-13(10-8-12)14(3,4)5/h7-11H,6H2,1-5H3/t11-/m0/s1. The Hall–Kier alpha value is -0.780. The molecule has 78 valence electrons. The Morgan fingerprint density at radius 3 is 1.93 bits per heavy atom. The summed E-state index contributed by atoms with van der Waals surface area (Å²) in [6, 6.07) is 9.08. The van der Waals surface area contributed by atoms with E-state index in [-0.39, 0.29) is 5.41 Å². The third kappa shape index (κ3) is 2.60. The molecule has 0 aromatic heterocycles. The maximum atomic E-state index is 2.28. The molecule has 1 rings (SSSR count). The van der Waals surface area contributed by atoms with Gasteiger partial charge in [-0.25, -0.2) is 0 Å². The molecule has 0 saturated carbocycles. The van der Waals surface area contributed by atoms with Crippen molar-refractivity contribution in [2.45, 2.75) is 52.4 Å². The molecule has 0 unspecified atom stereocenters. The van der Waals surface area contributed by atoms with Gasteiger partial charge in [-0.2, -0.15) is 0 Å². The number of hydrogen-bond acceptors (Lipinski definition) is 0. The smallest absolute Gasteiger partial charge is 0.0132 e. The highest BCUT2D eigenvalue weighted by atomic mass is 14.2. The summed E-state index contributed by atoms with van der Waals surface area (Å²) >= 11 is 0. The molecule has 0 heteroatoms. The van der Waals surface area contributed by atoms with Gasteiger partial charge in [-0.1, -0.05) is 58.9 Å². The molecular weight excluding hydrogens is 168 g/mol. The molecule has 0 aliphatic rings. The van der Waals surface area contributed by atoms with Gasteiger partial charge in [0.15, 0.2) is 0 Å². The summed E-state index contributed by atoms with van der Waals surface area (Å²) in [5.41, 5.74) is 3.15. The summed E-state index contributed by atoms with van der Waals surface area (Å²) in [6.45, 7) is 11.3. The normalized spacial score (nSPS) is 14.1. The molecule has 0 aliphatic heterocycles. The van der Waals surface area contributed by atoms with Crippen LogP contribution >= 0.6 is 0 Å². The fourth-order valence-electron chi connectivity index (χ4n) is 1.55. The van der Waals surface area contributed by atoms with E-state index in [1.165, 1.54) is 17.5 Å². The van der Waals surface area contributed by atoms with Crippen molar-refractivity contribution in [1.82, 2.24) is 0 Å². The summed E-state index contributed by atoms with van der Waals surface area (Å²) in [5.74, 6) is 0.684. The Bertz CT molecular complexity index is 274. The van der Waals surface area contributed by atoms with Gasteiger partial charge in [0.2, 0.25) is 0 Å². The van der Waals surface area contributed by atoms with Crippen molar-refractivity contribution in [1.29, 1.82) is 0 Å². The zero-order valence-electron chi connectivity index (χ0n) is 10.1. The Kier molecular flexibility index (Phi) is 3.36. The van der Waals surface area contributed by atoms with Crippen LogP contribution in [0.25, 0.3) is 0 Å². The molecule has 0 aliphatic carbocycles. The van der Waals surface area contributed by atoms with E-state index in [0.717, 1.165) is 0 Å². The van der Waals surface area contributed by atoms with Crippen LogP contribution < -0.4 is 0 Å². The zero-order chi connectivity index (χ0) is 10.8. The van der Waals surface area contributed by atoms with Crippen molar-refractivity contribution in [3.8, 4) is 0 Å². The fourth-order valence-corrected chi connectivity index (χ4v) is 1.55. The first-order chi connectivity index (χ1) is 6.45. The molecule has 14 heavy (non-hydrogen) atoms. The quantitative estimate of drug-likeness (QED) is 0.644. The first-order valence-corrected chi connectivity index (χ1v) is 5.55. The number of hydrogen-bond donors (Lipinski definition) is 0. The second-order valence-corrected chi connectivity index (χ2v) is 5.18. The van der Waals surface area contributed by atoms with E-state index < -0.39 is 0 Å². The lowest BCUT2D eigenvalue weighted by Gasteiger charge is -2.20. The van der Waals surface area contributed by atoms with Gasteiger partial charge in [-0.3, -0.25) is 0 Å². The first-order valence-electron chi connectivity index (χ1n) is 5.55. The van der Waals surface area contributed by atoms with Crippen molar-refractivity contribution >= 4 is 0 Å². The molecule has 0 spiro atoms. The van der Waals surface area contributed by atoms with E-state index in [1.54, 1.807) is 0 Å². The van der Waals surface area contributed by atoms with Crippen molar-refractivity contribution in [3.05, 3.63) is 35.4 Å². The van der Waals surface area contributed by atoms with Gasteiger partial charge in [0.1, 0.15) is 0 Å². The highest BCUT2D eigenvalue weighted by Crippen LogP contribution is 2.25. The van der Waals surface area contributed by atoms with Crippen molar-refractivity contribution in [2.75, 3.05) is 0 Å². The number of rotatable bonds is 2. The number of benzene rings is 1. The first kappa shape index (κ1) is 11.3. The van der Waals surface area contributed by atoms with E-state index in [2.05, 4.69) is 58.9 Å². The predicted molar refractivity (Wildman–Crippen MR) is 63.8 cm³/mol. The molecule has 0 fully saturated rings. The molecule has 1 atom stereocenters. The summed E-state index contributed by atoms with van der Waals surface area (Å²) in [5, 5.41) is 0. The predicted octanol–water partition coefficient (Wildman–Crippen LogP) is 4.50. The summed E-state index contributed by atoms with van der Waals surface area (Å²) in [4.78, 5) is 0. The van der Waals surface area contributed by atoms with Crippen LogP contribution in [0.3, 0.4) is 0 Å². The Morgan fingerprint density at radius 2 is 1.57 bits per heavy atom. The van der Waals surface area contributed by atoms with Crippen LogP contribution in [-0.2, 0) is 5.41 Å². The monoisotopic (exact) mass is 190 g/mol. The van der Waals surface area contributed by atoms with Crippen LogP contribution in [0.4, 0.5) is 0 Å². The van der Waals surface area contributed by atoms with Crippen LogP contribution in [0.15, 0.2) is 24.3 Å². The molecule has 0 heterocycles. The van der Waals surface area contributed by atoms with Crippen molar-refractivity contribution < 1.29 is 0 Å². The SMILES string of the molecule is CC[C@H](C)c1ccc(C(C)(C)C)cc1. The van der Waals surface area contributed by atoms with E-state index in [9.17, 15) is 0 Å². The van der Waals surface area contributed by atoms with Crippen LogP contribution in [0, 0.1) is 0 Å². The van der Waals surface area contributed by atoms with Crippen LogP contribution in [-0.4, -0.2) is 0 Å². The maximum absolute atomic E-state index is 2.28. The summed E-state index contributed by atoms with van der Waals surface area (Å²) < 4.78 is 0. The van der Waals surface area contributed by atoms with E-state index in [1.807, 2.05) is 0 Å². The average molecular weight is 190 g/mol. The highest BCUT2D eigenvalue weighted by Gasteiger charge is 2.13. The Balaban J connectivity index is 2.89. The third-order valence-corrected chi connectivity index (χ3v) is 2.96. The molecule has 0 N–H and O–H groups in total. The lowest BCUT2D eigenvalue weighted by atomic mass is 9.85. The molecule has 0 nitrogen and oxygen atoms in total.